The molecule has 0 aliphatic heterocycles. The number of nitrogens with zero attached hydrogens (tertiary/aromatic N) is 2. The maximum absolute atomic E-state index is 12.4. The minimum absolute atomic E-state index is 0.129. The van der Waals surface area contributed by atoms with Crippen LogP contribution in [0.15, 0.2) is 24.3 Å². The molecule has 1 amide bonds. The smallest absolute Gasteiger partial charge is 0.265 e. The average Bonchev–Trinajstić information content (AvgIpc) is 3.01. The summed E-state index contributed by atoms with van der Waals surface area (Å²) in [5.41, 5.74) is 8.48. The Labute approximate surface area is 127 Å². The molecule has 110 valence electrons. The number of nitrogens with one attached hydrogen (secondary N) is 1. The van der Waals surface area contributed by atoms with E-state index in [1.807, 2.05) is 31.1 Å². The van der Waals surface area contributed by atoms with Crippen molar-refractivity contribution < 1.29 is 4.79 Å². The number of nitrogen functional groups attached to an aromatic ring is 1. The van der Waals surface area contributed by atoms with Crippen molar-refractivity contribution in [2.75, 3.05) is 24.7 Å². The fraction of sp³-hybridized carbons (Fsp3) is 0.333. The van der Waals surface area contributed by atoms with Gasteiger partial charge in [0, 0.05) is 20.1 Å². The monoisotopic (exact) mass is 302 g/mol. The van der Waals surface area contributed by atoms with Gasteiger partial charge in [0.1, 0.15) is 10.7 Å². The summed E-state index contributed by atoms with van der Waals surface area (Å²) in [6.07, 6.45) is 1.75. The van der Waals surface area contributed by atoms with E-state index in [2.05, 4.69) is 22.4 Å². The van der Waals surface area contributed by atoms with Crippen LogP contribution in [0.2, 0.25) is 0 Å². The van der Waals surface area contributed by atoms with Crippen LogP contribution in [0, 0.1) is 0 Å². The molecule has 1 aromatic carbocycles. The molecule has 21 heavy (non-hydrogen) atoms. The number of nitrogens with two attached hydrogens (primary N) is 1. The molecule has 0 spiro atoms. The minimum atomic E-state index is -0.129. The van der Waals surface area contributed by atoms with Gasteiger partial charge in [-0.05, 0) is 24.0 Å². The fourth-order valence-corrected chi connectivity index (χ4v) is 3.40. The topological polar surface area (TPSA) is 71.2 Å². The summed E-state index contributed by atoms with van der Waals surface area (Å²) in [5, 5.41) is 3.81. The van der Waals surface area contributed by atoms with Gasteiger partial charge in [0.05, 0.1) is 0 Å². The molecular weight excluding hydrogens is 284 g/mol. The van der Waals surface area contributed by atoms with E-state index in [0.29, 0.717) is 10.7 Å². The van der Waals surface area contributed by atoms with E-state index in [0.717, 1.165) is 18.0 Å². The zero-order chi connectivity index (χ0) is 15.0. The summed E-state index contributed by atoms with van der Waals surface area (Å²) in [6, 6.07) is 8.44. The first-order valence-electron chi connectivity index (χ1n) is 6.86. The number of benzene rings is 1. The summed E-state index contributed by atoms with van der Waals surface area (Å²) < 4.78 is 0. The Morgan fingerprint density at radius 1 is 1.33 bits per heavy atom. The van der Waals surface area contributed by atoms with Crippen molar-refractivity contribution in [3.05, 3.63) is 40.3 Å². The van der Waals surface area contributed by atoms with Gasteiger partial charge in [-0.25, -0.2) is 4.98 Å². The van der Waals surface area contributed by atoms with Crippen LogP contribution in [0.1, 0.15) is 20.8 Å². The van der Waals surface area contributed by atoms with Gasteiger partial charge in [0.15, 0.2) is 5.13 Å². The second-order valence-corrected chi connectivity index (χ2v) is 6.43. The van der Waals surface area contributed by atoms with E-state index in [1.165, 1.54) is 22.5 Å². The molecule has 0 bridgehead atoms. The molecule has 5 nitrogen and oxygen atoms in total. The lowest BCUT2D eigenvalue weighted by atomic mass is 10.1. The summed E-state index contributed by atoms with van der Waals surface area (Å²) in [7, 11) is 3.77. The predicted molar refractivity (Wildman–Crippen MR) is 86.0 cm³/mol. The van der Waals surface area contributed by atoms with Crippen LogP contribution < -0.4 is 16.0 Å². The van der Waals surface area contributed by atoms with Gasteiger partial charge in [-0.1, -0.05) is 35.6 Å². The number of hydrogen-bond acceptors (Lipinski definition) is 5. The number of amides is 1. The molecule has 1 heterocycles. The van der Waals surface area contributed by atoms with E-state index in [4.69, 9.17) is 5.73 Å². The number of carbonyl (C=O) groups is 1. The number of anilines is 2. The first kappa shape index (κ1) is 13.9. The number of rotatable bonds is 3. The molecular formula is C15H18N4OS. The van der Waals surface area contributed by atoms with Crippen LogP contribution in [0.25, 0.3) is 0 Å². The molecule has 0 radical (unpaired) electrons. The van der Waals surface area contributed by atoms with Gasteiger partial charge < -0.3 is 16.0 Å². The molecule has 0 saturated carbocycles. The van der Waals surface area contributed by atoms with Gasteiger partial charge in [-0.15, -0.1) is 0 Å². The number of hydrogen-bond donors (Lipinski definition) is 2. The number of thiazole rings is 1. The standard InChI is InChI=1S/C15H18N4OS/c1-19(2)15-18-13(16)12(21-15)14(20)17-11-7-9-5-3-4-6-10(9)8-11/h3-6,11H,7-8,16H2,1-2H3,(H,17,20). The molecule has 0 atom stereocenters. The Hall–Kier alpha value is -2.08. The lowest BCUT2D eigenvalue weighted by Crippen LogP contribution is -2.35. The van der Waals surface area contributed by atoms with Crippen LogP contribution in [-0.2, 0) is 12.8 Å². The van der Waals surface area contributed by atoms with Crippen LogP contribution in [-0.4, -0.2) is 31.0 Å². The third kappa shape index (κ3) is 2.71. The SMILES string of the molecule is CN(C)c1nc(N)c(C(=O)NC2Cc3ccccc3C2)s1. The highest BCUT2D eigenvalue weighted by atomic mass is 32.1. The van der Waals surface area contributed by atoms with Crippen LogP contribution in [0.5, 0.6) is 0 Å². The minimum Gasteiger partial charge on any atom is -0.382 e. The Morgan fingerprint density at radius 3 is 2.48 bits per heavy atom. The molecule has 6 heteroatoms. The average molecular weight is 302 g/mol. The Balaban J connectivity index is 1.71. The van der Waals surface area contributed by atoms with E-state index < -0.39 is 0 Å². The molecule has 3 rings (SSSR count). The molecule has 1 aliphatic rings. The molecule has 0 unspecified atom stereocenters. The fourth-order valence-electron chi connectivity index (χ4n) is 2.59. The molecule has 2 aromatic rings. The summed E-state index contributed by atoms with van der Waals surface area (Å²) >= 11 is 1.32. The third-order valence-electron chi connectivity index (χ3n) is 3.62. The molecule has 3 N–H and O–H groups in total. The first-order chi connectivity index (χ1) is 10.0. The largest absolute Gasteiger partial charge is 0.382 e. The van der Waals surface area contributed by atoms with Crippen molar-refractivity contribution in [1.82, 2.24) is 10.3 Å². The van der Waals surface area contributed by atoms with E-state index in [1.54, 1.807) is 0 Å². The summed E-state index contributed by atoms with van der Waals surface area (Å²) in [5.74, 6) is 0.174. The van der Waals surface area contributed by atoms with Crippen molar-refractivity contribution in [3.63, 3.8) is 0 Å². The lowest BCUT2D eigenvalue weighted by molar-refractivity contribution is 0.0943. The van der Waals surface area contributed by atoms with Crippen molar-refractivity contribution in [2.45, 2.75) is 18.9 Å². The van der Waals surface area contributed by atoms with Gasteiger partial charge in [0.25, 0.3) is 5.91 Å². The van der Waals surface area contributed by atoms with Gasteiger partial charge in [-0.2, -0.15) is 0 Å². The summed E-state index contributed by atoms with van der Waals surface area (Å²) in [6.45, 7) is 0. The number of aromatic nitrogens is 1. The lowest BCUT2D eigenvalue weighted by Gasteiger charge is -2.11. The second kappa shape index (κ2) is 5.37. The molecule has 0 saturated heterocycles. The Bertz CT molecular complexity index is 655. The molecule has 0 fully saturated rings. The van der Waals surface area contributed by atoms with Gasteiger partial charge in [-0.3, -0.25) is 4.79 Å². The van der Waals surface area contributed by atoms with Crippen molar-refractivity contribution >= 4 is 28.2 Å². The summed E-state index contributed by atoms with van der Waals surface area (Å²) in [4.78, 5) is 18.9. The van der Waals surface area contributed by atoms with Crippen molar-refractivity contribution in [2.24, 2.45) is 0 Å². The Morgan fingerprint density at radius 2 is 1.95 bits per heavy atom. The van der Waals surface area contributed by atoms with Gasteiger partial charge in [0.2, 0.25) is 0 Å². The third-order valence-corrected chi connectivity index (χ3v) is 4.85. The zero-order valence-electron chi connectivity index (χ0n) is 12.1. The first-order valence-corrected chi connectivity index (χ1v) is 7.67. The normalized spacial score (nSPS) is 14.0. The zero-order valence-corrected chi connectivity index (χ0v) is 12.9. The highest BCUT2D eigenvalue weighted by Gasteiger charge is 2.25. The van der Waals surface area contributed by atoms with E-state index in [-0.39, 0.29) is 11.9 Å². The predicted octanol–water partition coefficient (Wildman–Crippen LogP) is 1.69. The highest BCUT2D eigenvalue weighted by molar-refractivity contribution is 7.18. The quantitative estimate of drug-likeness (QED) is 0.905. The maximum Gasteiger partial charge on any atom is 0.265 e. The van der Waals surface area contributed by atoms with Crippen LogP contribution in [0.3, 0.4) is 0 Å². The second-order valence-electron chi connectivity index (χ2n) is 5.45. The maximum atomic E-state index is 12.4. The number of fused-ring (bicyclic) bond motifs is 1. The van der Waals surface area contributed by atoms with Gasteiger partial charge >= 0.3 is 0 Å². The molecule has 1 aliphatic carbocycles. The van der Waals surface area contributed by atoms with E-state index in [9.17, 15) is 4.79 Å². The van der Waals surface area contributed by atoms with Crippen LogP contribution in [0.4, 0.5) is 10.9 Å². The van der Waals surface area contributed by atoms with Crippen molar-refractivity contribution in [1.29, 1.82) is 0 Å². The number of carbonyl (C=O) groups excluding carboxylic acids is 1. The van der Waals surface area contributed by atoms with E-state index >= 15 is 0 Å². The highest BCUT2D eigenvalue weighted by Crippen LogP contribution is 2.27. The Kier molecular flexibility index (Phi) is 3.55. The van der Waals surface area contributed by atoms with Crippen molar-refractivity contribution in [3.8, 4) is 0 Å². The van der Waals surface area contributed by atoms with Crippen LogP contribution >= 0.6 is 11.3 Å². The molecule has 1 aromatic heterocycles.